The van der Waals surface area contributed by atoms with E-state index < -0.39 is 0 Å². The molecule has 0 bridgehead atoms. The second-order valence-corrected chi connectivity index (χ2v) is 9.13. The van der Waals surface area contributed by atoms with Crippen LogP contribution < -0.4 is 10.6 Å². The van der Waals surface area contributed by atoms with Crippen LogP contribution in [-0.2, 0) is 16.1 Å². The van der Waals surface area contributed by atoms with Gasteiger partial charge in [-0.2, -0.15) is 0 Å². The molecule has 11 heteroatoms. The number of carbonyl (C=O) groups excluding carboxylic acids is 1. The third-order valence-electron chi connectivity index (χ3n) is 6.14. The highest BCUT2D eigenvalue weighted by Gasteiger charge is 2.24. The van der Waals surface area contributed by atoms with Gasteiger partial charge in [-0.05, 0) is 5.38 Å². The van der Waals surface area contributed by atoms with Crippen LogP contribution >= 0.6 is 11.3 Å². The lowest BCUT2D eigenvalue weighted by Gasteiger charge is -2.34. The fourth-order valence-corrected chi connectivity index (χ4v) is 5.26. The molecule has 2 N–H and O–H groups in total. The Kier molecular flexibility index (Phi) is 11.0. The first-order valence-corrected chi connectivity index (χ1v) is 14.2. The van der Waals surface area contributed by atoms with Crippen molar-refractivity contribution < 1.29 is 9.53 Å². The molecule has 2 aliphatic rings. The molecule has 5 heterocycles. The molecule has 2 aliphatic heterocycles. The molecular formula is C26H40N8O2S. The van der Waals surface area contributed by atoms with Crippen molar-refractivity contribution in [2.45, 2.75) is 47.6 Å². The van der Waals surface area contributed by atoms with E-state index in [1.165, 1.54) is 5.56 Å². The molecule has 37 heavy (non-hydrogen) atoms. The first-order valence-electron chi connectivity index (χ1n) is 13.3. The van der Waals surface area contributed by atoms with Gasteiger partial charge in [0.2, 0.25) is 17.8 Å². The third kappa shape index (κ3) is 6.91. The van der Waals surface area contributed by atoms with Gasteiger partial charge < -0.3 is 20.3 Å². The van der Waals surface area contributed by atoms with Crippen LogP contribution in [-0.4, -0.2) is 88.1 Å². The molecule has 0 radical (unpaired) electrons. The van der Waals surface area contributed by atoms with Crippen LogP contribution in [0.2, 0.25) is 0 Å². The second kappa shape index (κ2) is 14.2. The topological polar surface area (TPSA) is 114 Å². The summed E-state index contributed by atoms with van der Waals surface area (Å²) in [5, 5.41) is 2.17. The van der Waals surface area contributed by atoms with Gasteiger partial charge in [-0.1, -0.05) is 34.6 Å². The summed E-state index contributed by atoms with van der Waals surface area (Å²) in [5.74, 6) is 1.18. The van der Waals surface area contributed by atoms with Crippen LogP contribution in [0, 0.1) is 0 Å². The van der Waals surface area contributed by atoms with Gasteiger partial charge in [0.15, 0.2) is 0 Å². The number of aromatic nitrogens is 4. The molecule has 2 saturated heterocycles. The van der Waals surface area contributed by atoms with Crippen molar-refractivity contribution >= 4 is 39.4 Å². The van der Waals surface area contributed by atoms with Crippen LogP contribution in [0.4, 0.5) is 11.9 Å². The zero-order valence-corrected chi connectivity index (χ0v) is 23.6. The number of nitrogens with zero attached hydrogens (tertiary/aromatic N) is 7. The largest absolute Gasteiger partial charge is 0.378 e. The Hall–Kier alpha value is -2.89. The summed E-state index contributed by atoms with van der Waals surface area (Å²) >= 11 is 1.65. The van der Waals surface area contributed by atoms with Gasteiger partial charge in [-0.15, -0.1) is 11.3 Å². The fraction of sp³-hybridized carbons (Fsp3) is 0.577. The van der Waals surface area contributed by atoms with E-state index in [4.69, 9.17) is 20.4 Å². The van der Waals surface area contributed by atoms with Crippen molar-refractivity contribution in [2.24, 2.45) is 0 Å². The first-order chi connectivity index (χ1) is 18.1. The predicted octanol–water partition coefficient (Wildman–Crippen LogP) is 3.67. The lowest BCUT2D eigenvalue weighted by atomic mass is 10.1. The Morgan fingerprint density at radius 1 is 1.00 bits per heavy atom. The lowest BCUT2D eigenvalue weighted by molar-refractivity contribution is -0.132. The standard InChI is InChI=1S/C22H28N8O2S.2C2H6/c1-2-17(31)29-5-3-28(4-6-29)13-16-14-33-20-18(15-11-24-21(23)25-12-15)26-22(27-19(16)20)30-7-9-32-10-8-30;2*1-2/h11-12,14H,2-10,13H2,1H3,(H2,23,24,25);2*1-2H3. The van der Waals surface area contributed by atoms with Gasteiger partial charge in [0.1, 0.15) is 0 Å². The monoisotopic (exact) mass is 528 g/mol. The number of piperazine rings is 1. The zero-order chi connectivity index (χ0) is 26.8. The Labute approximate surface area is 223 Å². The molecule has 10 nitrogen and oxygen atoms in total. The van der Waals surface area contributed by atoms with E-state index in [0.29, 0.717) is 25.6 Å². The number of amides is 1. The minimum atomic E-state index is 0.230. The average Bonchev–Trinajstić information content (AvgIpc) is 3.38. The van der Waals surface area contributed by atoms with E-state index in [2.05, 4.69) is 25.1 Å². The van der Waals surface area contributed by atoms with Gasteiger partial charge in [-0.25, -0.2) is 19.9 Å². The SMILES string of the molecule is CC.CC.CCC(=O)N1CCN(Cc2csc3c(-c4cnc(N)nc4)nc(N4CCOCC4)nc23)CC1. The number of fused-ring (bicyclic) bond motifs is 1. The average molecular weight is 529 g/mol. The van der Waals surface area contributed by atoms with Gasteiger partial charge in [-0.3, -0.25) is 9.69 Å². The van der Waals surface area contributed by atoms with E-state index in [1.54, 1.807) is 23.7 Å². The van der Waals surface area contributed by atoms with Crippen LogP contribution in [0.1, 0.15) is 46.6 Å². The number of ether oxygens (including phenoxy) is 1. The summed E-state index contributed by atoms with van der Waals surface area (Å²) < 4.78 is 6.54. The molecule has 5 rings (SSSR count). The van der Waals surface area contributed by atoms with Crippen molar-refractivity contribution in [1.29, 1.82) is 0 Å². The van der Waals surface area contributed by atoms with Crippen LogP contribution in [0.5, 0.6) is 0 Å². The second-order valence-electron chi connectivity index (χ2n) is 8.25. The molecule has 3 aromatic rings. The highest BCUT2D eigenvalue weighted by Crippen LogP contribution is 2.35. The normalized spacial score (nSPS) is 16.0. The quantitative estimate of drug-likeness (QED) is 0.530. The van der Waals surface area contributed by atoms with E-state index in [-0.39, 0.29) is 11.9 Å². The minimum absolute atomic E-state index is 0.230. The Morgan fingerprint density at radius 2 is 1.65 bits per heavy atom. The summed E-state index contributed by atoms with van der Waals surface area (Å²) in [6, 6.07) is 0. The number of hydrogen-bond acceptors (Lipinski definition) is 10. The molecule has 0 unspecified atom stereocenters. The molecule has 2 fully saturated rings. The predicted molar refractivity (Wildman–Crippen MR) is 151 cm³/mol. The fourth-order valence-electron chi connectivity index (χ4n) is 4.25. The summed E-state index contributed by atoms with van der Waals surface area (Å²) in [6.07, 6.45) is 4.00. The summed E-state index contributed by atoms with van der Waals surface area (Å²) in [4.78, 5) is 36.8. The maximum absolute atomic E-state index is 12.0. The molecule has 0 spiro atoms. The highest BCUT2D eigenvalue weighted by molar-refractivity contribution is 7.17. The van der Waals surface area contributed by atoms with Gasteiger partial charge in [0.25, 0.3) is 0 Å². The van der Waals surface area contributed by atoms with Gasteiger partial charge >= 0.3 is 0 Å². The Bertz CT molecular complexity index is 1120. The summed E-state index contributed by atoms with van der Waals surface area (Å²) in [7, 11) is 0. The van der Waals surface area contributed by atoms with Crippen molar-refractivity contribution in [3.63, 3.8) is 0 Å². The van der Waals surface area contributed by atoms with Crippen molar-refractivity contribution in [1.82, 2.24) is 29.7 Å². The number of hydrogen-bond donors (Lipinski definition) is 1. The number of morpholine rings is 1. The van der Waals surface area contributed by atoms with E-state index >= 15 is 0 Å². The highest BCUT2D eigenvalue weighted by atomic mass is 32.1. The molecule has 0 aliphatic carbocycles. The maximum atomic E-state index is 12.0. The number of nitrogens with two attached hydrogens (primary N) is 1. The number of nitrogen functional groups attached to an aromatic ring is 1. The molecule has 202 valence electrons. The molecular weight excluding hydrogens is 488 g/mol. The van der Waals surface area contributed by atoms with Gasteiger partial charge in [0.05, 0.1) is 29.1 Å². The van der Waals surface area contributed by atoms with E-state index in [1.807, 2.05) is 39.5 Å². The van der Waals surface area contributed by atoms with E-state index in [9.17, 15) is 4.79 Å². The van der Waals surface area contributed by atoms with Crippen LogP contribution in [0.25, 0.3) is 21.5 Å². The molecule has 1 amide bonds. The minimum Gasteiger partial charge on any atom is -0.378 e. The maximum Gasteiger partial charge on any atom is 0.226 e. The summed E-state index contributed by atoms with van der Waals surface area (Å²) in [5.41, 5.74) is 9.51. The van der Waals surface area contributed by atoms with Crippen molar-refractivity contribution in [2.75, 3.05) is 63.1 Å². The molecule has 0 aromatic carbocycles. The van der Waals surface area contributed by atoms with Crippen molar-refractivity contribution in [3.8, 4) is 11.3 Å². The number of anilines is 2. The zero-order valence-electron chi connectivity index (χ0n) is 22.7. The molecule has 3 aromatic heterocycles. The smallest absolute Gasteiger partial charge is 0.226 e. The first kappa shape index (κ1) is 28.7. The number of carbonyl (C=O) groups is 1. The van der Waals surface area contributed by atoms with Crippen LogP contribution in [0.15, 0.2) is 17.8 Å². The van der Waals surface area contributed by atoms with Crippen LogP contribution in [0.3, 0.4) is 0 Å². The lowest BCUT2D eigenvalue weighted by Crippen LogP contribution is -2.48. The number of rotatable bonds is 5. The summed E-state index contributed by atoms with van der Waals surface area (Å²) in [6.45, 7) is 16.8. The Morgan fingerprint density at radius 3 is 2.27 bits per heavy atom. The number of thiophene rings is 1. The Balaban J connectivity index is 0.000000907. The third-order valence-corrected chi connectivity index (χ3v) is 7.16. The molecule has 0 atom stereocenters. The van der Waals surface area contributed by atoms with E-state index in [0.717, 1.165) is 67.3 Å². The molecule has 0 saturated carbocycles. The van der Waals surface area contributed by atoms with Gasteiger partial charge in [0, 0.05) is 75.8 Å². The van der Waals surface area contributed by atoms with Crippen molar-refractivity contribution in [3.05, 3.63) is 23.3 Å².